The topological polar surface area (TPSA) is 104 Å². The van der Waals surface area contributed by atoms with Gasteiger partial charge in [0.05, 0.1) is 11.4 Å². The first-order chi connectivity index (χ1) is 14.7. The van der Waals surface area contributed by atoms with E-state index in [1.165, 1.54) is 18.5 Å². The van der Waals surface area contributed by atoms with Crippen molar-refractivity contribution in [3.63, 3.8) is 0 Å². The normalized spacial score (nSPS) is 16.6. The van der Waals surface area contributed by atoms with Gasteiger partial charge in [0, 0.05) is 24.4 Å². The summed E-state index contributed by atoms with van der Waals surface area (Å²) in [4.78, 5) is 13.0. The predicted molar refractivity (Wildman–Crippen MR) is 111 cm³/mol. The molecule has 0 spiro atoms. The van der Waals surface area contributed by atoms with E-state index in [9.17, 15) is 4.39 Å². The maximum atomic E-state index is 13.1. The Morgan fingerprint density at radius 2 is 1.97 bits per heavy atom. The van der Waals surface area contributed by atoms with Crippen LogP contribution in [0.2, 0.25) is 0 Å². The van der Waals surface area contributed by atoms with Gasteiger partial charge in [0.1, 0.15) is 29.4 Å². The van der Waals surface area contributed by atoms with Gasteiger partial charge in [-0.05, 0) is 49.7 Å². The van der Waals surface area contributed by atoms with E-state index in [0.717, 1.165) is 42.5 Å². The fourth-order valence-electron chi connectivity index (χ4n) is 3.70. The summed E-state index contributed by atoms with van der Waals surface area (Å²) in [6, 6.07) is 9.59. The Morgan fingerprint density at radius 3 is 2.70 bits per heavy atom. The fourth-order valence-corrected chi connectivity index (χ4v) is 3.70. The minimum absolute atomic E-state index is 0.207. The second-order valence-electron chi connectivity index (χ2n) is 7.19. The number of pyridine rings is 1. The Bertz CT molecular complexity index is 1170. The SMILES string of the molecule is Nc1ncnc2c1c(-c1ccc(Oc3ccc(F)cc3)nc1)nn2[C@@H]1CCCNC1. The predicted octanol–water partition coefficient (Wildman–Crippen LogP) is 3.33. The molecule has 3 N–H and O–H groups in total. The number of ether oxygens (including phenoxy) is 1. The number of anilines is 1. The zero-order valence-corrected chi connectivity index (χ0v) is 16.1. The molecule has 1 aliphatic heterocycles. The molecule has 0 aliphatic carbocycles. The minimum atomic E-state index is -0.318. The Balaban J connectivity index is 1.50. The highest BCUT2D eigenvalue weighted by atomic mass is 19.1. The van der Waals surface area contributed by atoms with E-state index in [0.29, 0.717) is 23.1 Å². The Hall–Kier alpha value is -3.59. The van der Waals surface area contributed by atoms with Crippen molar-refractivity contribution >= 4 is 16.9 Å². The maximum absolute atomic E-state index is 13.1. The lowest BCUT2D eigenvalue weighted by Gasteiger charge is -2.23. The van der Waals surface area contributed by atoms with Crippen molar-refractivity contribution in [1.82, 2.24) is 30.0 Å². The molecule has 0 saturated carbocycles. The molecule has 5 rings (SSSR count). The molecule has 152 valence electrons. The van der Waals surface area contributed by atoms with E-state index in [1.807, 2.05) is 10.7 Å². The van der Waals surface area contributed by atoms with Crippen LogP contribution in [0.25, 0.3) is 22.3 Å². The second kappa shape index (κ2) is 7.68. The molecule has 1 aliphatic rings. The number of halogens is 1. The van der Waals surface area contributed by atoms with Gasteiger partial charge in [-0.15, -0.1) is 0 Å². The maximum Gasteiger partial charge on any atom is 0.219 e. The molecule has 1 fully saturated rings. The van der Waals surface area contributed by atoms with Gasteiger partial charge in [0.2, 0.25) is 5.88 Å². The van der Waals surface area contributed by atoms with Crippen LogP contribution in [0.4, 0.5) is 10.2 Å². The van der Waals surface area contributed by atoms with E-state index in [2.05, 4.69) is 20.3 Å². The van der Waals surface area contributed by atoms with Crippen LogP contribution in [-0.2, 0) is 0 Å². The van der Waals surface area contributed by atoms with Crippen molar-refractivity contribution in [2.45, 2.75) is 18.9 Å². The lowest BCUT2D eigenvalue weighted by molar-refractivity contribution is 0.354. The number of nitrogens with two attached hydrogens (primary N) is 1. The average molecular weight is 405 g/mol. The van der Waals surface area contributed by atoms with E-state index in [4.69, 9.17) is 15.6 Å². The fraction of sp³-hybridized carbons (Fsp3) is 0.238. The Kier molecular flexibility index (Phi) is 4.72. The molecular formula is C21H20FN7O. The van der Waals surface area contributed by atoms with Crippen LogP contribution in [0.15, 0.2) is 48.9 Å². The van der Waals surface area contributed by atoms with Crippen LogP contribution in [-0.4, -0.2) is 37.8 Å². The van der Waals surface area contributed by atoms with E-state index < -0.39 is 0 Å². The van der Waals surface area contributed by atoms with Crippen LogP contribution in [0.1, 0.15) is 18.9 Å². The molecular weight excluding hydrogens is 385 g/mol. The number of aromatic nitrogens is 5. The average Bonchev–Trinajstić information content (AvgIpc) is 3.18. The molecule has 4 heterocycles. The van der Waals surface area contributed by atoms with Crippen molar-refractivity contribution in [2.75, 3.05) is 18.8 Å². The number of benzene rings is 1. The standard InChI is InChI=1S/C21H20FN7O/c22-14-4-6-16(7-5-14)30-17-8-3-13(10-25-17)19-18-20(23)26-12-27-21(18)29(28-19)15-2-1-9-24-11-15/h3-8,10,12,15,24H,1-2,9,11H2,(H2,23,26,27)/t15-/m1/s1. The molecule has 0 unspecified atom stereocenters. The largest absolute Gasteiger partial charge is 0.439 e. The Labute approximate surface area is 171 Å². The zero-order chi connectivity index (χ0) is 20.5. The van der Waals surface area contributed by atoms with Crippen molar-refractivity contribution in [2.24, 2.45) is 0 Å². The highest BCUT2D eigenvalue weighted by molar-refractivity contribution is 5.98. The summed E-state index contributed by atoms with van der Waals surface area (Å²) in [5, 5.41) is 8.97. The number of fused-ring (bicyclic) bond motifs is 1. The van der Waals surface area contributed by atoms with Crippen molar-refractivity contribution in [3.8, 4) is 22.9 Å². The smallest absolute Gasteiger partial charge is 0.219 e. The van der Waals surface area contributed by atoms with Gasteiger partial charge in [-0.25, -0.2) is 24.0 Å². The molecule has 30 heavy (non-hydrogen) atoms. The molecule has 0 amide bonds. The van der Waals surface area contributed by atoms with E-state index in [-0.39, 0.29) is 11.9 Å². The summed E-state index contributed by atoms with van der Waals surface area (Å²) in [7, 11) is 0. The van der Waals surface area contributed by atoms with Gasteiger partial charge in [-0.1, -0.05) is 0 Å². The third-order valence-corrected chi connectivity index (χ3v) is 5.18. The monoisotopic (exact) mass is 405 g/mol. The molecule has 9 heteroatoms. The van der Waals surface area contributed by atoms with E-state index >= 15 is 0 Å². The van der Waals surface area contributed by atoms with Crippen LogP contribution >= 0.6 is 0 Å². The molecule has 4 aromatic rings. The molecule has 0 radical (unpaired) electrons. The third kappa shape index (κ3) is 3.43. The molecule has 1 aromatic carbocycles. The van der Waals surface area contributed by atoms with Crippen LogP contribution in [0.5, 0.6) is 11.6 Å². The zero-order valence-electron chi connectivity index (χ0n) is 16.1. The van der Waals surface area contributed by atoms with Crippen molar-refractivity contribution < 1.29 is 9.13 Å². The number of hydrogen-bond donors (Lipinski definition) is 2. The highest BCUT2D eigenvalue weighted by Gasteiger charge is 2.23. The summed E-state index contributed by atoms with van der Waals surface area (Å²) in [6.07, 6.45) is 5.25. The molecule has 8 nitrogen and oxygen atoms in total. The molecule has 1 saturated heterocycles. The number of nitrogens with zero attached hydrogens (tertiary/aromatic N) is 5. The van der Waals surface area contributed by atoms with Crippen LogP contribution in [0.3, 0.4) is 0 Å². The first kappa shape index (κ1) is 18.4. The molecule has 0 bridgehead atoms. The number of rotatable bonds is 4. The van der Waals surface area contributed by atoms with Gasteiger partial charge in [0.25, 0.3) is 0 Å². The quantitative estimate of drug-likeness (QED) is 0.537. The lowest BCUT2D eigenvalue weighted by Crippen LogP contribution is -2.32. The lowest BCUT2D eigenvalue weighted by atomic mass is 10.1. The molecule has 1 atom stereocenters. The van der Waals surface area contributed by atoms with Crippen LogP contribution in [0, 0.1) is 5.82 Å². The number of piperidine rings is 1. The van der Waals surface area contributed by atoms with Crippen LogP contribution < -0.4 is 15.8 Å². The van der Waals surface area contributed by atoms with Gasteiger partial charge in [0.15, 0.2) is 5.65 Å². The first-order valence-electron chi connectivity index (χ1n) is 9.78. The number of nitrogen functional groups attached to an aromatic ring is 1. The molecule has 3 aromatic heterocycles. The number of hydrogen-bond acceptors (Lipinski definition) is 7. The minimum Gasteiger partial charge on any atom is -0.439 e. The summed E-state index contributed by atoms with van der Waals surface area (Å²) in [5.74, 6) is 0.973. The summed E-state index contributed by atoms with van der Waals surface area (Å²) in [6.45, 7) is 1.85. The Morgan fingerprint density at radius 1 is 1.10 bits per heavy atom. The summed E-state index contributed by atoms with van der Waals surface area (Å²) < 4.78 is 20.7. The van der Waals surface area contributed by atoms with Gasteiger partial charge in [-0.2, -0.15) is 5.10 Å². The second-order valence-corrected chi connectivity index (χ2v) is 7.19. The van der Waals surface area contributed by atoms with Crippen molar-refractivity contribution in [3.05, 3.63) is 54.7 Å². The van der Waals surface area contributed by atoms with Gasteiger partial charge < -0.3 is 15.8 Å². The van der Waals surface area contributed by atoms with Gasteiger partial charge >= 0.3 is 0 Å². The third-order valence-electron chi connectivity index (χ3n) is 5.18. The number of nitrogens with one attached hydrogen (secondary N) is 1. The van der Waals surface area contributed by atoms with Crippen molar-refractivity contribution in [1.29, 1.82) is 0 Å². The van der Waals surface area contributed by atoms with E-state index in [1.54, 1.807) is 24.4 Å². The highest BCUT2D eigenvalue weighted by Crippen LogP contribution is 2.33. The summed E-state index contributed by atoms with van der Waals surface area (Å²) in [5.41, 5.74) is 8.38. The summed E-state index contributed by atoms with van der Waals surface area (Å²) >= 11 is 0. The first-order valence-corrected chi connectivity index (χ1v) is 9.78. The van der Waals surface area contributed by atoms with Gasteiger partial charge in [-0.3, -0.25) is 0 Å².